The number of likely N-dealkylation sites (tertiary alicyclic amines) is 1. The molecule has 1 saturated heterocycles. The highest BCUT2D eigenvalue weighted by Gasteiger charge is 2.40. The summed E-state index contributed by atoms with van der Waals surface area (Å²) in [4.78, 5) is 13.6. The van der Waals surface area contributed by atoms with Gasteiger partial charge in [-0.3, -0.25) is 0 Å². The zero-order valence-electron chi connectivity index (χ0n) is 11.7. The predicted molar refractivity (Wildman–Crippen MR) is 69.6 cm³/mol. The molecule has 0 saturated carbocycles. The van der Waals surface area contributed by atoms with E-state index < -0.39 is 17.3 Å². The average Bonchev–Trinajstić information content (AvgIpc) is 2.80. The Morgan fingerprint density at radius 3 is 2.84 bits per heavy atom. The van der Waals surface area contributed by atoms with Gasteiger partial charge in [0.1, 0.15) is 17.0 Å². The van der Waals surface area contributed by atoms with Crippen molar-refractivity contribution in [3.63, 3.8) is 0 Å². The van der Waals surface area contributed by atoms with Crippen LogP contribution in [0.1, 0.15) is 39.4 Å². The van der Waals surface area contributed by atoms with Crippen LogP contribution in [0.2, 0.25) is 0 Å². The van der Waals surface area contributed by atoms with Crippen LogP contribution in [0, 0.1) is 0 Å². The molecule has 1 fully saturated rings. The first-order valence-corrected chi connectivity index (χ1v) is 6.54. The van der Waals surface area contributed by atoms with Gasteiger partial charge in [0.15, 0.2) is 0 Å². The largest absolute Gasteiger partial charge is 0.466 e. The fraction of sp³-hybridized carbons (Fsp3) is 0.643. The fourth-order valence-corrected chi connectivity index (χ4v) is 2.26. The number of amides is 1. The molecule has 1 aliphatic heterocycles. The predicted octanol–water partition coefficient (Wildman–Crippen LogP) is 2.50. The molecule has 0 aliphatic carbocycles. The summed E-state index contributed by atoms with van der Waals surface area (Å²) in [6, 6.07) is 3.47. The number of hydrogen-bond donors (Lipinski definition) is 1. The molecule has 1 amide bonds. The molecule has 0 bridgehead atoms. The standard InChI is InChI=1S/C14H21NO4/c1-13(2,3)19-12(16)15-8-5-7-14(17,10-15)11-6-4-9-18-11/h4,6,9,17H,5,7-8,10H2,1-3H3. The summed E-state index contributed by atoms with van der Waals surface area (Å²) in [5, 5.41) is 10.6. The van der Waals surface area contributed by atoms with Crippen molar-refractivity contribution in [3.8, 4) is 0 Å². The van der Waals surface area contributed by atoms with Gasteiger partial charge in [-0.1, -0.05) is 0 Å². The van der Waals surface area contributed by atoms with E-state index in [9.17, 15) is 9.90 Å². The Labute approximate surface area is 113 Å². The van der Waals surface area contributed by atoms with Gasteiger partial charge in [0.2, 0.25) is 0 Å². The highest BCUT2D eigenvalue weighted by atomic mass is 16.6. The summed E-state index contributed by atoms with van der Waals surface area (Å²) in [7, 11) is 0. The van der Waals surface area contributed by atoms with E-state index in [4.69, 9.17) is 9.15 Å². The molecular weight excluding hydrogens is 246 g/mol. The van der Waals surface area contributed by atoms with E-state index in [0.717, 1.165) is 6.42 Å². The van der Waals surface area contributed by atoms with Crippen LogP contribution >= 0.6 is 0 Å². The highest BCUT2D eigenvalue weighted by molar-refractivity contribution is 5.68. The minimum atomic E-state index is -1.11. The average molecular weight is 267 g/mol. The lowest BCUT2D eigenvalue weighted by molar-refractivity contribution is -0.0579. The maximum absolute atomic E-state index is 12.0. The van der Waals surface area contributed by atoms with Crippen LogP contribution < -0.4 is 0 Å². The van der Waals surface area contributed by atoms with Crippen molar-refractivity contribution in [2.75, 3.05) is 13.1 Å². The Bertz CT molecular complexity index is 435. The Balaban J connectivity index is 2.07. The minimum absolute atomic E-state index is 0.204. The maximum Gasteiger partial charge on any atom is 0.410 e. The molecule has 1 aromatic rings. The van der Waals surface area contributed by atoms with Crippen LogP contribution in [0.25, 0.3) is 0 Å². The maximum atomic E-state index is 12.0. The van der Waals surface area contributed by atoms with E-state index in [-0.39, 0.29) is 6.54 Å². The monoisotopic (exact) mass is 267 g/mol. The number of carbonyl (C=O) groups is 1. The van der Waals surface area contributed by atoms with Gasteiger partial charge in [0.25, 0.3) is 0 Å². The number of furan rings is 1. The van der Waals surface area contributed by atoms with Crippen molar-refractivity contribution in [1.82, 2.24) is 4.90 Å². The molecule has 1 N–H and O–H groups in total. The molecule has 1 aliphatic rings. The summed E-state index contributed by atoms with van der Waals surface area (Å²) in [5.41, 5.74) is -1.64. The van der Waals surface area contributed by atoms with Crippen LogP contribution in [0.15, 0.2) is 22.8 Å². The number of aliphatic hydroxyl groups is 1. The lowest BCUT2D eigenvalue weighted by atomic mass is 9.90. The third-order valence-electron chi connectivity index (χ3n) is 3.10. The number of carbonyl (C=O) groups excluding carboxylic acids is 1. The Hall–Kier alpha value is -1.49. The fourth-order valence-electron chi connectivity index (χ4n) is 2.26. The molecule has 2 heterocycles. The van der Waals surface area contributed by atoms with E-state index in [1.807, 2.05) is 20.8 Å². The molecule has 0 radical (unpaired) electrons. The van der Waals surface area contributed by atoms with Crippen LogP contribution in [-0.2, 0) is 10.3 Å². The normalized spacial score (nSPS) is 24.3. The second-order valence-corrected chi connectivity index (χ2v) is 6.01. The van der Waals surface area contributed by atoms with E-state index in [1.54, 1.807) is 12.1 Å². The molecule has 19 heavy (non-hydrogen) atoms. The Kier molecular flexibility index (Phi) is 3.58. The van der Waals surface area contributed by atoms with E-state index >= 15 is 0 Å². The first-order chi connectivity index (χ1) is 8.80. The zero-order valence-corrected chi connectivity index (χ0v) is 11.7. The minimum Gasteiger partial charge on any atom is -0.466 e. The number of β-amino-alcohol motifs (C(OH)–C–C–N with tert-alkyl or cyclic N) is 1. The first kappa shape index (κ1) is 13.9. The summed E-state index contributed by atoms with van der Waals surface area (Å²) in [6.07, 6.45) is 2.44. The quantitative estimate of drug-likeness (QED) is 0.849. The van der Waals surface area contributed by atoms with Gasteiger partial charge < -0.3 is 19.2 Å². The SMILES string of the molecule is CC(C)(C)OC(=O)N1CCCC(O)(c2ccco2)C1. The van der Waals surface area contributed by atoms with Gasteiger partial charge in [-0.05, 0) is 45.7 Å². The molecular formula is C14H21NO4. The molecule has 0 aromatic carbocycles. The van der Waals surface area contributed by atoms with Gasteiger partial charge in [-0.25, -0.2) is 4.79 Å². The third-order valence-corrected chi connectivity index (χ3v) is 3.10. The van der Waals surface area contributed by atoms with Crippen LogP contribution in [0.5, 0.6) is 0 Å². The molecule has 106 valence electrons. The Morgan fingerprint density at radius 2 is 2.26 bits per heavy atom. The summed E-state index contributed by atoms with van der Waals surface area (Å²) < 4.78 is 10.6. The zero-order chi connectivity index (χ0) is 14.1. The van der Waals surface area contributed by atoms with Crippen molar-refractivity contribution < 1.29 is 19.1 Å². The van der Waals surface area contributed by atoms with E-state index in [1.165, 1.54) is 11.2 Å². The molecule has 1 unspecified atom stereocenters. The van der Waals surface area contributed by atoms with Gasteiger partial charge in [0, 0.05) is 6.54 Å². The van der Waals surface area contributed by atoms with Crippen molar-refractivity contribution in [2.45, 2.75) is 44.8 Å². The Morgan fingerprint density at radius 1 is 1.53 bits per heavy atom. The molecule has 1 aromatic heterocycles. The van der Waals surface area contributed by atoms with Crippen molar-refractivity contribution in [1.29, 1.82) is 0 Å². The molecule has 2 rings (SSSR count). The smallest absolute Gasteiger partial charge is 0.410 e. The summed E-state index contributed by atoms with van der Waals surface area (Å²) in [5.74, 6) is 0.501. The lowest BCUT2D eigenvalue weighted by Gasteiger charge is -2.38. The van der Waals surface area contributed by atoms with Gasteiger partial charge in [-0.15, -0.1) is 0 Å². The molecule has 5 nitrogen and oxygen atoms in total. The van der Waals surface area contributed by atoms with Gasteiger partial charge in [-0.2, -0.15) is 0 Å². The number of nitrogens with zero attached hydrogens (tertiary/aromatic N) is 1. The van der Waals surface area contributed by atoms with Crippen LogP contribution in [0.3, 0.4) is 0 Å². The van der Waals surface area contributed by atoms with E-state index in [2.05, 4.69) is 0 Å². The second kappa shape index (κ2) is 4.89. The number of rotatable bonds is 1. The number of ether oxygens (including phenoxy) is 1. The third kappa shape index (κ3) is 3.29. The molecule has 0 spiro atoms. The van der Waals surface area contributed by atoms with Crippen LogP contribution in [-0.4, -0.2) is 34.8 Å². The highest BCUT2D eigenvalue weighted by Crippen LogP contribution is 2.32. The van der Waals surface area contributed by atoms with Crippen LogP contribution in [0.4, 0.5) is 4.79 Å². The molecule has 1 atom stereocenters. The summed E-state index contributed by atoms with van der Waals surface area (Å²) >= 11 is 0. The topological polar surface area (TPSA) is 62.9 Å². The number of hydrogen-bond acceptors (Lipinski definition) is 4. The lowest BCUT2D eigenvalue weighted by Crippen LogP contribution is -2.49. The van der Waals surface area contributed by atoms with E-state index in [0.29, 0.717) is 18.7 Å². The second-order valence-electron chi connectivity index (χ2n) is 6.01. The molecule has 5 heteroatoms. The van der Waals surface area contributed by atoms with Crippen molar-refractivity contribution in [3.05, 3.63) is 24.2 Å². The van der Waals surface area contributed by atoms with Gasteiger partial charge >= 0.3 is 6.09 Å². The summed E-state index contributed by atoms with van der Waals surface area (Å²) in [6.45, 7) is 6.28. The van der Waals surface area contributed by atoms with Crippen molar-refractivity contribution >= 4 is 6.09 Å². The van der Waals surface area contributed by atoms with Gasteiger partial charge in [0.05, 0.1) is 12.8 Å². The first-order valence-electron chi connectivity index (χ1n) is 6.54. The number of piperidine rings is 1. The van der Waals surface area contributed by atoms with Crippen molar-refractivity contribution in [2.24, 2.45) is 0 Å².